The molecule has 0 saturated carbocycles. The van der Waals surface area contributed by atoms with E-state index >= 15 is 0 Å². The number of anilines is 2. The third kappa shape index (κ3) is 2.89. The lowest BCUT2D eigenvalue weighted by molar-refractivity contribution is 0.102. The Hall–Kier alpha value is -2.40. The second kappa shape index (κ2) is 5.07. The van der Waals surface area contributed by atoms with Gasteiger partial charge in [-0.05, 0) is 36.4 Å². The van der Waals surface area contributed by atoms with Gasteiger partial charge in [-0.25, -0.2) is 0 Å². The van der Waals surface area contributed by atoms with Crippen LogP contribution in [0, 0.1) is 0 Å². The van der Waals surface area contributed by atoms with Crippen LogP contribution < -0.4 is 11.1 Å². The average Bonchev–Trinajstić information content (AvgIpc) is 2.37. The summed E-state index contributed by atoms with van der Waals surface area (Å²) in [6.07, 6.45) is 0. The fourth-order valence-electron chi connectivity index (χ4n) is 1.49. The molecular formula is C13H11ClN2O3. The van der Waals surface area contributed by atoms with Crippen molar-refractivity contribution in [1.82, 2.24) is 0 Å². The van der Waals surface area contributed by atoms with Crippen LogP contribution >= 0.6 is 11.6 Å². The molecule has 5 N–H and O–H groups in total. The number of aromatic hydroxyl groups is 2. The molecule has 0 saturated heterocycles. The zero-order chi connectivity index (χ0) is 14.0. The molecule has 98 valence electrons. The number of carbonyl (C=O) groups is 1. The molecule has 0 spiro atoms. The molecule has 0 aromatic heterocycles. The smallest absolute Gasteiger partial charge is 0.255 e. The summed E-state index contributed by atoms with van der Waals surface area (Å²) in [5.74, 6) is -1.08. The highest BCUT2D eigenvalue weighted by Gasteiger charge is 2.09. The maximum atomic E-state index is 11.9. The molecule has 0 aliphatic heterocycles. The molecule has 6 heteroatoms. The summed E-state index contributed by atoms with van der Waals surface area (Å²) in [4.78, 5) is 11.9. The highest BCUT2D eigenvalue weighted by Crippen LogP contribution is 2.26. The topological polar surface area (TPSA) is 95.6 Å². The number of hydrogen-bond donors (Lipinski definition) is 4. The van der Waals surface area contributed by atoms with Crippen molar-refractivity contribution in [3.05, 3.63) is 47.0 Å². The predicted octanol–water partition coefficient (Wildman–Crippen LogP) is 2.59. The summed E-state index contributed by atoms with van der Waals surface area (Å²) in [5.41, 5.74) is 6.67. The Balaban J connectivity index is 2.20. The molecular weight excluding hydrogens is 268 g/mol. The lowest BCUT2D eigenvalue weighted by Crippen LogP contribution is -2.11. The van der Waals surface area contributed by atoms with E-state index in [4.69, 9.17) is 22.4 Å². The molecule has 2 aromatic carbocycles. The van der Waals surface area contributed by atoms with Crippen LogP contribution in [0.1, 0.15) is 10.4 Å². The van der Waals surface area contributed by atoms with E-state index in [-0.39, 0.29) is 17.1 Å². The van der Waals surface area contributed by atoms with E-state index in [0.29, 0.717) is 16.4 Å². The Morgan fingerprint density at radius 1 is 1.11 bits per heavy atom. The number of amides is 1. The summed E-state index contributed by atoms with van der Waals surface area (Å²) in [7, 11) is 0. The third-order valence-corrected chi connectivity index (χ3v) is 2.84. The second-order valence-electron chi connectivity index (χ2n) is 3.89. The van der Waals surface area contributed by atoms with E-state index in [1.54, 1.807) is 12.1 Å². The number of hydrogen-bond acceptors (Lipinski definition) is 4. The quantitative estimate of drug-likeness (QED) is 0.501. The number of halogens is 1. The first kappa shape index (κ1) is 13.0. The minimum Gasteiger partial charge on any atom is -0.504 e. The molecule has 2 aromatic rings. The van der Waals surface area contributed by atoms with Crippen LogP contribution in [0.4, 0.5) is 11.4 Å². The molecule has 0 atom stereocenters. The number of phenolic OH excluding ortho intramolecular Hbond substituents is 2. The van der Waals surface area contributed by atoms with Crippen molar-refractivity contribution in [3.8, 4) is 11.5 Å². The number of benzene rings is 2. The second-order valence-corrected chi connectivity index (χ2v) is 4.30. The van der Waals surface area contributed by atoms with Crippen molar-refractivity contribution >= 4 is 28.9 Å². The zero-order valence-electron chi connectivity index (χ0n) is 9.72. The van der Waals surface area contributed by atoms with Crippen molar-refractivity contribution in [2.75, 3.05) is 11.1 Å². The highest BCUT2D eigenvalue weighted by atomic mass is 35.5. The molecule has 0 fully saturated rings. The number of nitrogens with one attached hydrogen (secondary N) is 1. The van der Waals surface area contributed by atoms with Gasteiger partial charge in [0.2, 0.25) is 0 Å². The monoisotopic (exact) mass is 278 g/mol. The number of carbonyl (C=O) groups excluding carboxylic acids is 1. The number of nitrogen functional groups attached to an aromatic ring is 1. The maximum Gasteiger partial charge on any atom is 0.255 e. The Labute approximate surface area is 114 Å². The maximum absolute atomic E-state index is 11.9. The van der Waals surface area contributed by atoms with Crippen molar-refractivity contribution in [2.24, 2.45) is 0 Å². The van der Waals surface area contributed by atoms with Crippen LogP contribution in [0.2, 0.25) is 5.02 Å². The number of nitrogens with two attached hydrogens (primary N) is 1. The normalized spacial score (nSPS) is 10.2. The van der Waals surface area contributed by atoms with E-state index in [0.717, 1.165) is 0 Å². The summed E-state index contributed by atoms with van der Waals surface area (Å²) in [6, 6.07) is 8.51. The van der Waals surface area contributed by atoms with Crippen LogP contribution in [0.15, 0.2) is 36.4 Å². The molecule has 0 aliphatic rings. The summed E-state index contributed by atoms with van der Waals surface area (Å²) < 4.78 is 0. The van der Waals surface area contributed by atoms with Crippen LogP contribution in [0.5, 0.6) is 11.5 Å². The van der Waals surface area contributed by atoms with Gasteiger partial charge in [0.1, 0.15) is 0 Å². The standard InChI is InChI=1S/C13H11ClN2O3/c14-9-3-2-8(6-10(9)15)16-13(19)7-1-4-11(17)12(18)5-7/h1-6,17-18H,15H2,(H,16,19). The average molecular weight is 279 g/mol. The van der Waals surface area contributed by atoms with Gasteiger partial charge >= 0.3 is 0 Å². The summed E-state index contributed by atoms with van der Waals surface area (Å²) >= 11 is 5.77. The van der Waals surface area contributed by atoms with Gasteiger partial charge in [-0.3, -0.25) is 4.79 Å². The van der Waals surface area contributed by atoms with Gasteiger partial charge in [-0.1, -0.05) is 11.6 Å². The summed E-state index contributed by atoms with van der Waals surface area (Å²) in [6.45, 7) is 0. The molecule has 0 bridgehead atoms. The Bertz CT molecular complexity index is 644. The molecule has 1 amide bonds. The first-order valence-electron chi connectivity index (χ1n) is 5.36. The molecule has 0 radical (unpaired) electrons. The van der Waals surface area contributed by atoms with E-state index in [1.165, 1.54) is 24.3 Å². The molecule has 0 aliphatic carbocycles. The molecule has 19 heavy (non-hydrogen) atoms. The van der Waals surface area contributed by atoms with Crippen molar-refractivity contribution < 1.29 is 15.0 Å². The fourth-order valence-corrected chi connectivity index (χ4v) is 1.61. The Morgan fingerprint density at radius 2 is 1.84 bits per heavy atom. The lowest BCUT2D eigenvalue weighted by Gasteiger charge is -2.07. The summed E-state index contributed by atoms with van der Waals surface area (Å²) in [5, 5.41) is 21.5. The van der Waals surface area contributed by atoms with Crippen molar-refractivity contribution in [3.63, 3.8) is 0 Å². The van der Waals surface area contributed by atoms with E-state index in [9.17, 15) is 9.90 Å². The van der Waals surface area contributed by atoms with E-state index in [2.05, 4.69) is 5.32 Å². The minimum absolute atomic E-state index is 0.212. The third-order valence-electron chi connectivity index (χ3n) is 2.49. The minimum atomic E-state index is -0.433. The van der Waals surface area contributed by atoms with Gasteiger partial charge in [0.05, 0.1) is 10.7 Å². The van der Waals surface area contributed by atoms with Gasteiger partial charge in [-0.2, -0.15) is 0 Å². The van der Waals surface area contributed by atoms with Gasteiger partial charge in [0.15, 0.2) is 11.5 Å². The van der Waals surface area contributed by atoms with Crippen molar-refractivity contribution in [1.29, 1.82) is 0 Å². The van der Waals surface area contributed by atoms with Gasteiger partial charge < -0.3 is 21.3 Å². The van der Waals surface area contributed by atoms with Gasteiger partial charge in [0, 0.05) is 11.3 Å². The Morgan fingerprint density at radius 3 is 2.47 bits per heavy atom. The predicted molar refractivity (Wildman–Crippen MR) is 73.6 cm³/mol. The highest BCUT2D eigenvalue weighted by molar-refractivity contribution is 6.33. The number of phenols is 2. The Kier molecular flexibility index (Phi) is 3.48. The van der Waals surface area contributed by atoms with Crippen LogP contribution in [-0.2, 0) is 0 Å². The first-order valence-corrected chi connectivity index (χ1v) is 5.73. The van der Waals surface area contributed by atoms with Crippen LogP contribution in [-0.4, -0.2) is 16.1 Å². The van der Waals surface area contributed by atoms with Gasteiger partial charge in [0.25, 0.3) is 5.91 Å². The van der Waals surface area contributed by atoms with E-state index in [1.807, 2.05) is 0 Å². The van der Waals surface area contributed by atoms with Crippen molar-refractivity contribution in [2.45, 2.75) is 0 Å². The SMILES string of the molecule is Nc1cc(NC(=O)c2ccc(O)c(O)c2)ccc1Cl. The fraction of sp³-hybridized carbons (Fsp3) is 0. The largest absolute Gasteiger partial charge is 0.504 e. The molecule has 0 heterocycles. The lowest BCUT2D eigenvalue weighted by atomic mass is 10.2. The molecule has 0 unspecified atom stereocenters. The van der Waals surface area contributed by atoms with Crippen LogP contribution in [0.25, 0.3) is 0 Å². The number of rotatable bonds is 2. The first-order chi connectivity index (χ1) is 8.97. The zero-order valence-corrected chi connectivity index (χ0v) is 10.5. The van der Waals surface area contributed by atoms with Crippen LogP contribution in [0.3, 0.4) is 0 Å². The van der Waals surface area contributed by atoms with Gasteiger partial charge in [-0.15, -0.1) is 0 Å². The van der Waals surface area contributed by atoms with E-state index < -0.39 is 5.91 Å². The molecule has 2 rings (SSSR count). The molecule has 5 nitrogen and oxygen atoms in total.